The number of rotatable bonds is 6. The predicted molar refractivity (Wildman–Crippen MR) is 85.4 cm³/mol. The number of benzene rings is 1. The monoisotopic (exact) mass is 276 g/mol. The molecule has 1 heterocycles. The smallest absolute Gasteiger partial charge is 0.0750 e. The molecule has 1 aliphatic rings. The van der Waals surface area contributed by atoms with E-state index in [0.717, 1.165) is 26.1 Å². The maximum absolute atomic E-state index is 5.88. The Labute approximate surface area is 123 Å². The zero-order valence-electron chi connectivity index (χ0n) is 13.1. The maximum atomic E-state index is 5.88. The van der Waals surface area contributed by atoms with E-state index in [4.69, 9.17) is 10.5 Å². The predicted octanol–water partition coefficient (Wildman–Crippen LogP) is 2.89. The minimum absolute atomic E-state index is 0.217. The summed E-state index contributed by atoms with van der Waals surface area (Å²) in [6, 6.07) is 6.95. The van der Waals surface area contributed by atoms with Crippen molar-refractivity contribution in [1.29, 1.82) is 0 Å². The molecule has 2 atom stereocenters. The highest BCUT2D eigenvalue weighted by Crippen LogP contribution is 2.24. The van der Waals surface area contributed by atoms with Crippen molar-refractivity contribution in [2.45, 2.75) is 52.2 Å². The number of aryl methyl sites for hydroxylation is 1. The van der Waals surface area contributed by atoms with Crippen LogP contribution in [0.2, 0.25) is 0 Å². The summed E-state index contributed by atoms with van der Waals surface area (Å²) >= 11 is 0. The third-order valence-electron chi connectivity index (χ3n) is 3.99. The van der Waals surface area contributed by atoms with Gasteiger partial charge in [-0.25, -0.2) is 0 Å². The van der Waals surface area contributed by atoms with Gasteiger partial charge < -0.3 is 15.4 Å². The van der Waals surface area contributed by atoms with Gasteiger partial charge in [-0.1, -0.05) is 12.1 Å². The second-order valence-corrected chi connectivity index (χ2v) is 5.98. The van der Waals surface area contributed by atoms with Gasteiger partial charge in [0.25, 0.3) is 0 Å². The molecule has 0 aliphatic carbocycles. The molecule has 112 valence electrons. The highest BCUT2D eigenvalue weighted by molar-refractivity contribution is 5.54. The summed E-state index contributed by atoms with van der Waals surface area (Å²) in [7, 11) is 0. The fourth-order valence-corrected chi connectivity index (χ4v) is 3.00. The average molecular weight is 276 g/mol. The first-order valence-electron chi connectivity index (χ1n) is 7.81. The van der Waals surface area contributed by atoms with Gasteiger partial charge in [0.15, 0.2) is 0 Å². The van der Waals surface area contributed by atoms with Crippen molar-refractivity contribution in [3.8, 4) is 0 Å². The normalized spacial score (nSPS) is 20.1. The van der Waals surface area contributed by atoms with Crippen LogP contribution in [0.25, 0.3) is 0 Å². The van der Waals surface area contributed by atoms with Crippen LogP contribution in [0.5, 0.6) is 0 Å². The molecule has 0 radical (unpaired) electrons. The van der Waals surface area contributed by atoms with E-state index in [-0.39, 0.29) is 6.04 Å². The molecule has 1 aromatic rings. The highest BCUT2D eigenvalue weighted by Gasteiger charge is 2.19. The van der Waals surface area contributed by atoms with Gasteiger partial charge in [0.2, 0.25) is 0 Å². The first-order valence-corrected chi connectivity index (χ1v) is 7.81. The van der Waals surface area contributed by atoms with Gasteiger partial charge in [-0.2, -0.15) is 0 Å². The Bertz CT molecular complexity index is 425. The fourth-order valence-electron chi connectivity index (χ4n) is 3.00. The van der Waals surface area contributed by atoms with Crippen LogP contribution < -0.4 is 10.6 Å². The second-order valence-electron chi connectivity index (χ2n) is 5.98. The number of hydrogen-bond acceptors (Lipinski definition) is 3. The van der Waals surface area contributed by atoms with Gasteiger partial charge in [-0.15, -0.1) is 0 Å². The number of hydrogen-bond donors (Lipinski definition) is 1. The molecule has 0 bridgehead atoms. The Morgan fingerprint density at radius 1 is 1.45 bits per heavy atom. The summed E-state index contributed by atoms with van der Waals surface area (Å²) in [6.07, 6.45) is 3.74. The molecule has 1 fully saturated rings. The molecule has 2 rings (SSSR count). The lowest BCUT2D eigenvalue weighted by Gasteiger charge is -2.28. The lowest BCUT2D eigenvalue weighted by molar-refractivity contribution is 0.115. The molecule has 2 N–H and O–H groups in total. The Morgan fingerprint density at radius 3 is 2.80 bits per heavy atom. The topological polar surface area (TPSA) is 38.5 Å². The van der Waals surface area contributed by atoms with Gasteiger partial charge in [0.1, 0.15) is 0 Å². The molecule has 2 unspecified atom stereocenters. The van der Waals surface area contributed by atoms with Crippen LogP contribution in [-0.2, 0) is 11.2 Å². The van der Waals surface area contributed by atoms with Gasteiger partial charge in [0.05, 0.1) is 6.10 Å². The van der Waals surface area contributed by atoms with Crippen molar-refractivity contribution in [1.82, 2.24) is 0 Å². The Hall–Kier alpha value is -1.06. The third-order valence-corrected chi connectivity index (χ3v) is 3.99. The van der Waals surface area contributed by atoms with Gasteiger partial charge in [-0.3, -0.25) is 0 Å². The van der Waals surface area contributed by atoms with E-state index in [9.17, 15) is 0 Å². The average Bonchev–Trinajstić information content (AvgIpc) is 2.89. The maximum Gasteiger partial charge on any atom is 0.0750 e. The molecular formula is C17H28N2O. The molecule has 3 heteroatoms. The van der Waals surface area contributed by atoms with E-state index in [1.54, 1.807) is 0 Å². The summed E-state index contributed by atoms with van der Waals surface area (Å²) in [5.41, 5.74) is 9.87. The van der Waals surface area contributed by atoms with Crippen LogP contribution in [0.4, 0.5) is 5.69 Å². The molecule has 1 aromatic carbocycles. The molecule has 1 saturated heterocycles. The van der Waals surface area contributed by atoms with E-state index >= 15 is 0 Å². The third kappa shape index (κ3) is 3.97. The van der Waals surface area contributed by atoms with Crippen LogP contribution in [0.15, 0.2) is 18.2 Å². The molecule has 0 aromatic heterocycles. The first-order chi connectivity index (χ1) is 9.60. The molecule has 0 saturated carbocycles. The molecule has 20 heavy (non-hydrogen) atoms. The van der Waals surface area contributed by atoms with Crippen LogP contribution >= 0.6 is 0 Å². The Balaban J connectivity index is 2.08. The zero-order valence-corrected chi connectivity index (χ0v) is 13.1. The lowest BCUT2D eigenvalue weighted by Crippen LogP contribution is -2.32. The molecule has 3 nitrogen and oxygen atoms in total. The minimum Gasteiger partial charge on any atom is -0.376 e. The van der Waals surface area contributed by atoms with Crippen LogP contribution in [0.3, 0.4) is 0 Å². The molecular weight excluding hydrogens is 248 g/mol. The quantitative estimate of drug-likeness (QED) is 0.868. The van der Waals surface area contributed by atoms with Crippen LogP contribution in [0.1, 0.15) is 37.8 Å². The lowest BCUT2D eigenvalue weighted by atomic mass is 10.0. The second kappa shape index (κ2) is 7.09. The summed E-state index contributed by atoms with van der Waals surface area (Å²) in [4.78, 5) is 2.43. The molecule has 0 spiro atoms. The van der Waals surface area contributed by atoms with E-state index < -0.39 is 0 Å². The summed E-state index contributed by atoms with van der Waals surface area (Å²) < 4.78 is 5.76. The SMILES string of the molecule is CCN(CC1CCCO1)c1ccc(CC(C)N)cc1C. The first kappa shape index (κ1) is 15.3. The van der Waals surface area contributed by atoms with E-state index in [1.807, 2.05) is 0 Å². The molecule has 0 amide bonds. The number of nitrogens with two attached hydrogens (primary N) is 1. The minimum atomic E-state index is 0.217. The number of ether oxygens (including phenoxy) is 1. The number of nitrogens with zero attached hydrogens (tertiary/aromatic N) is 1. The van der Waals surface area contributed by atoms with Gasteiger partial charge >= 0.3 is 0 Å². The Kier molecular flexibility index (Phi) is 5.44. The van der Waals surface area contributed by atoms with Crippen LogP contribution in [-0.4, -0.2) is 31.8 Å². The number of likely N-dealkylation sites (N-methyl/N-ethyl adjacent to an activating group) is 1. The van der Waals surface area contributed by atoms with E-state index in [0.29, 0.717) is 6.10 Å². The summed E-state index contributed by atoms with van der Waals surface area (Å²) in [5.74, 6) is 0. The summed E-state index contributed by atoms with van der Waals surface area (Å²) in [6.45, 7) is 9.41. The van der Waals surface area contributed by atoms with E-state index in [1.165, 1.54) is 29.7 Å². The van der Waals surface area contributed by atoms with Crippen molar-refractivity contribution in [3.63, 3.8) is 0 Å². The van der Waals surface area contributed by atoms with Gasteiger partial charge in [0, 0.05) is 31.4 Å². The Morgan fingerprint density at radius 2 is 2.25 bits per heavy atom. The number of anilines is 1. The van der Waals surface area contributed by atoms with Crippen molar-refractivity contribution < 1.29 is 4.74 Å². The highest BCUT2D eigenvalue weighted by atomic mass is 16.5. The van der Waals surface area contributed by atoms with Crippen LogP contribution in [0, 0.1) is 6.92 Å². The van der Waals surface area contributed by atoms with E-state index in [2.05, 4.69) is 43.9 Å². The largest absolute Gasteiger partial charge is 0.376 e. The fraction of sp³-hybridized carbons (Fsp3) is 0.647. The van der Waals surface area contributed by atoms with Crippen molar-refractivity contribution in [3.05, 3.63) is 29.3 Å². The summed E-state index contributed by atoms with van der Waals surface area (Å²) in [5, 5.41) is 0. The standard InChI is InChI=1S/C17H28N2O/c1-4-19(12-16-6-5-9-20-16)17-8-7-15(10-13(17)2)11-14(3)18/h7-8,10,14,16H,4-6,9,11-12,18H2,1-3H3. The molecule has 1 aliphatic heterocycles. The van der Waals surface area contributed by atoms with Gasteiger partial charge in [-0.05, 0) is 57.2 Å². The van der Waals surface area contributed by atoms with Crippen molar-refractivity contribution in [2.24, 2.45) is 5.73 Å². The zero-order chi connectivity index (χ0) is 14.5. The van der Waals surface area contributed by atoms with Crippen molar-refractivity contribution in [2.75, 3.05) is 24.6 Å². The van der Waals surface area contributed by atoms with Crippen molar-refractivity contribution >= 4 is 5.69 Å².